The van der Waals surface area contributed by atoms with Crippen LogP contribution in [0.2, 0.25) is 5.02 Å². The lowest BCUT2D eigenvalue weighted by Crippen LogP contribution is -2.22. The van der Waals surface area contributed by atoms with Crippen molar-refractivity contribution in [1.82, 2.24) is 5.32 Å². The van der Waals surface area contributed by atoms with Crippen LogP contribution in [0, 0.1) is 0 Å². The number of benzene rings is 2. The SMILES string of the molecule is CNC(COc1ccccc1)c1cc2cccc(Cl)c2o1. The third kappa shape index (κ3) is 3.04. The van der Waals surface area contributed by atoms with Gasteiger partial charge in [0.1, 0.15) is 18.1 Å². The molecule has 0 saturated heterocycles. The lowest BCUT2D eigenvalue weighted by atomic mass is 10.2. The zero-order chi connectivity index (χ0) is 14.7. The van der Waals surface area contributed by atoms with Crippen molar-refractivity contribution in [3.8, 4) is 5.75 Å². The van der Waals surface area contributed by atoms with E-state index >= 15 is 0 Å². The molecule has 0 aliphatic heterocycles. The summed E-state index contributed by atoms with van der Waals surface area (Å²) in [5.74, 6) is 1.66. The van der Waals surface area contributed by atoms with E-state index in [2.05, 4.69) is 5.32 Å². The Balaban J connectivity index is 1.80. The molecule has 4 heteroatoms. The molecule has 0 fully saturated rings. The molecule has 108 valence electrons. The fourth-order valence-electron chi connectivity index (χ4n) is 2.22. The Kier molecular flexibility index (Phi) is 4.13. The van der Waals surface area contributed by atoms with Crippen molar-refractivity contribution in [1.29, 1.82) is 0 Å². The predicted octanol–water partition coefficient (Wildman–Crippen LogP) is 4.43. The van der Waals surface area contributed by atoms with Crippen LogP contribution in [0.5, 0.6) is 5.75 Å². The monoisotopic (exact) mass is 301 g/mol. The number of nitrogens with one attached hydrogen (secondary N) is 1. The molecule has 1 atom stereocenters. The Morgan fingerprint density at radius 1 is 1.14 bits per heavy atom. The van der Waals surface area contributed by atoms with Crippen molar-refractivity contribution in [3.05, 3.63) is 65.4 Å². The van der Waals surface area contributed by atoms with Gasteiger partial charge in [-0.15, -0.1) is 0 Å². The summed E-state index contributed by atoms with van der Waals surface area (Å²) < 4.78 is 11.7. The van der Waals surface area contributed by atoms with Crippen LogP contribution in [0.3, 0.4) is 0 Å². The van der Waals surface area contributed by atoms with Crippen molar-refractivity contribution < 1.29 is 9.15 Å². The molecule has 0 bridgehead atoms. The van der Waals surface area contributed by atoms with Gasteiger partial charge in [0.15, 0.2) is 5.58 Å². The number of fused-ring (bicyclic) bond motifs is 1. The van der Waals surface area contributed by atoms with E-state index in [-0.39, 0.29) is 6.04 Å². The van der Waals surface area contributed by atoms with E-state index < -0.39 is 0 Å². The summed E-state index contributed by atoms with van der Waals surface area (Å²) in [5.41, 5.74) is 0.717. The van der Waals surface area contributed by atoms with Crippen LogP contribution >= 0.6 is 11.6 Å². The highest BCUT2D eigenvalue weighted by Crippen LogP contribution is 2.29. The molecular formula is C17H16ClNO2. The largest absolute Gasteiger partial charge is 0.491 e. The minimum absolute atomic E-state index is 0.0336. The summed E-state index contributed by atoms with van der Waals surface area (Å²) in [6.45, 7) is 0.484. The zero-order valence-corrected chi connectivity index (χ0v) is 12.4. The van der Waals surface area contributed by atoms with Gasteiger partial charge in [-0.3, -0.25) is 0 Å². The van der Waals surface area contributed by atoms with Gasteiger partial charge >= 0.3 is 0 Å². The molecule has 0 aliphatic carbocycles. The summed E-state index contributed by atoms with van der Waals surface area (Å²) in [6.07, 6.45) is 0. The van der Waals surface area contributed by atoms with Crippen LogP contribution in [0.25, 0.3) is 11.0 Å². The first kappa shape index (κ1) is 14.0. The van der Waals surface area contributed by atoms with E-state index in [1.807, 2.05) is 61.6 Å². The van der Waals surface area contributed by atoms with Gasteiger partial charge in [0.05, 0.1) is 11.1 Å². The standard InChI is InChI=1S/C17H16ClNO2/c1-19-15(11-20-13-7-3-2-4-8-13)16-10-12-6-5-9-14(18)17(12)21-16/h2-10,15,19H,11H2,1H3. The number of ether oxygens (including phenoxy) is 1. The number of furan rings is 1. The normalized spacial score (nSPS) is 12.5. The van der Waals surface area contributed by atoms with Gasteiger partial charge in [-0.05, 0) is 31.3 Å². The molecule has 1 heterocycles. The van der Waals surface area contributed by atoms with Crippen LogP contribution in [-0.2, 0) is 0 Å². The Bertz CT molecular complexity index is 724. The average molecular weight is 302 g/mol. The molecule has 3 nitrogen and oxygen atoms in total. The highest BCUT2D eigenvalue weighted by atomic mass is 35.5. The molecule has 3 aromatic rings. The van der Waals surface area contributed by atoms with Gasteiger partial charge in [0, 0.05) is 5.39 Å². The zero-order valence-electron chi connectivity index (χ0n) is 11.7. The molecule has 2 aromatic carbocycles. The molecule has 1 unspecified atom stereocenters. The number of hydrogen-bond acceptors (Lipinski definition) is 3. The Hall–Kier alpha value is -1.97. The van der Waals surface area contributed by atoms with Crippen molar-refractivity contribution in [3.63, 3.8) is 0 Å². The minimum Gasteiger partial charge on any atom is -0.491 e. The Morgan fingerprint density at radius 3 is 2.67 bits per heavy atom. The lowest BCUT2D eigenvalue weighted by molar-refractivity contribution is 0.256. The summed E-state index contributed by atoms with van der Waals surface area (Å²) in [7, 11) is 1.88. The van der Waals surface area contributed by atoms with E-state index in [9.17, 15) is 0 Å². The fourth-order valence-corrected chi connectivity index (χ4v) is 2.44. The fraction of sp³-hybridized carbons (Fsp3) is 0.176. The lowest BCUT2D eigenvalue weighted by Gasteiger charge is -2.14. The molecule has 1 aromatic heterocycles. The second-order valence-electron chi connectivity index (χ2n) is 4.77. The second kappa shape index (κ2) is 6.20. The third-order valence-electron chi connectivity index (χ3n) is 3.37. The van der Waals surface area contributed by atoms with E-state index in [4.69, 9.17) is 20.8 Å². The molecule has 3 rings (SSSR count). The van der Waals surface area contributed by atoms with Crippen molar-refractivity contribution in [2.45, 2.75) is 6.04 Å². The number of rotatable bonds is 5. The van der Waals surface area contributed by atoms with Gasteiger partial charge in [0.25, 0.3) is 0 Å². The van der Waals surface area contributed by atoms with E-state index in [1.54, 1.807) is 0 Å². The molecule has 0 aliphatic rings. The van der Waals surface area contributed by atoms with Gasteiger partial charge < -0.3 is 14.5 Å². The van der Waals surface area contributed by atoms with Crippen molar-refractivity contribution in [2.24, 2.45) is 0 Å². The van der Waals surface area contributed by atoms with Crippen LogP contribution in [0.1, 0.15) is 11.8 Å². The first-order valence-electron chi connectivity index (χ1n) is 6.81. The minimum atomic E-state index is -0.0336. The Labute approximate surface area is 128 Å². The van der Waals surface area contributed by atoms with E-state index in [0.717, 1.165) is 16.9 Å². The Morgan fingerprint density at radius 2 is 1.95 bits per heavy atom. The maximum Gasteiger partial charge on any atom is 0.152 e. The number of para-hydroxylation sites is 2. The van der Waals surface area contributed by atoms with E-state index in [1.165, 1.54) is 0 Å². The van der Waals surface area contributed by atoms with Crippen LogP contribution in [0.15, 0.2) is 59.0 Å². The first-order chi connectivity index (χ1) is 10.3. The second-order valence-corrected chi connectivity index (χ2v) is 5.18. The summed E-state index contributed by atoms with van der Waals surface area (Å²) in [4.78, 5) is 0. The molecule has 0 radical (unpaired) electrons. The average Bonchev–Trinajstić information content (AvgIpc) is 2.94. The van der Waals surface area contributed by atoms with Gasteiger partial charge in [-0.25, -0.2) is 0 Å². The van der Waals surface area contributed by atoms with Crippen molar-refractivity contribution >= 4 is 22.6 Å². The van der Waals surface area contributed by atoms with Crippen LogP contribution < -0.4 is 10.1 Å². The number of likely N-dealkylation sites (N-methyl/N-ethyl adjacent to an activating group) is 1. The molecular weight excluding hydrogens is 286 g/mol. The topological polar surface area (TPSA) is 34.4 Å². The van der Waals surface area contributed by atoms with Crippen LogP contribution in [0.4, 0.5) is 0 Å². The van der Waals surface area contributed by atoms with Crippen molar-refractivity contribution in [2.75, 3.05) is 13.7 Å². The van der Waals surface area contributed by atoms with Gasteiger partial charge in [-0.2, -0.15) is 0 Å². The highest BCUT2D eigenvalue weighted by molar-refractivity contribution is 6.34. The molecule has 21 heavy (non-hydrogen) atoms. The van der Waals surface area contributed by atoms with Gasteiger partial charge in [-0.1, -0.05) is 41.9 Å². The molecule has 0 saturated carbocycles. The first-order valence-corrected chi connectivity index (χ1v) is 7.19. The summed E-state index contributed by atoms with van der Waals surface area (Å²) in [6, 6.07) is 17.4. The molecule has 0 amide bonds. The maximum absolute atomic E-state index is 6.15. The quantitative estimate of drug-likeness (QED) is 0.757. The van der Waals surface area contributed by atoms with Crippen LogP contribution in [-0.4, -0.2) is 13.7 Å². The smallest absolute Gasteiger partial charge is 0.152 e. The third-order valence-corrected chi connectivity index (χ3v) is 3.66. The van der Waals surface area contributed by atoms with E-state index in [0.29, 0.717) is 17.2 Å². The number of halogens is 1. The highest BCUT2D eigenvalue weighted by Gasteiger charge is 2.16. The molecule has 0 spiro atoms. The summed E-state index contributed by atoms with van der Waals surface area (Å²) >= 11 is 6.15. The summed E-state index contributed by atoms with van der Waals surface area (Å²) in [5, 5.41) is 4.83. The number of hydrogen-bond donors (Lipinski definition) is 1. The predicted molar refractivity (Wildman–Crippen MR) is 85.0 cm³/mol. The molecule has 1 N–H and O–H groups in total. The van der Waals surface area contributed by atoms with Gasteiger partial charge in [0.2, 0.25) is 0 Å². The maximum atomic E-state index is 6.15.